The smallest absolute Gasteiger partial charge is 0.335 e. The number of amides is 4. The number of hydrogen-bond acceptors (Lipinski definition) is 5. The molecule has 10 heteroatoms. The average Bonchev–Trinajstić information content (AvgIpc) is 2.84. The Morgan fingerprint density at radius 2 is 1.68 bits per heavy atom. The lowest BCUT2D eigenvalue weighted by molar-refractivity contribution is -0.122. The standard InChI is InChI=1S/C27H21Cl2IN2O5/c1-3-36-23-13-16(12-22(30)24(23)37-14-19-20(28)5-4-6-21(19)29)11-18-25(33)31-27(35)32(26(18)34)17-9-7-15(2)8-10-17/h4-13H,3,14H2,1-2H3,(H,31,33,35)/b18-11+. The van der Waals surface area contributed by atoms with Gasteiger partial charge in [0, 0.05) is 15.6 Å². The van der Waals surface area contributed by atoms with Crippen molar-refractivity contribution in [2.24, 2.45) is 0 Å². The third kappa shape index (κ3) is 5.92. The van der Waals surface area contributed by atoms with Crippen molar-refractivity contribution >= 4 is 75.4 Å². The number of benzene rings is 3. The first-order valence-electron chi connectivity index (χ1n) is 11.2. The van der Waals surface area contributed by atoms with Gasteiger partial charge in [0.2, 0.25) is 0 Å². The second kappa shape index (κ2) is 11.5. The molecule has 3 aromatic rings. The molecule has 0 unspecified atom stereocenters. The largest absolute Gasteiger partial charge is 0.490 e. The molecule has 1 aliphatic heterocycles. The Kier molecular flexibility index (Phi) is 8.41. The molecular formula is C27H21Cl2IN2O5. The lowest BCUT2D eigenvalue weighted by Gasteiger charge is -2.26. The summed E-state index contributed by atoms with van der Waals surface area (Å²) in [4.78, 5) is 39.2. The van der Waals surface area contributed by atoms with Crippen LogP contribution in [0.5, 0.6) is 11.5 Å². The monoisotopic (exact) mass is 650 g/mol. The molecule has 0 radical (unpaired) electrons. The minimum absolute atomic E-state index is 0.115. The Balaban J connectivity index is 1.67. The molecule has 4 amide bonds. The highest BCUT2D eigenvalue weighted by molar-refractivity contribution is 14.1. The Bertz CT molecular complexity index is 1400. The van der Waals surface area contributed by atoms with E-state index in [-0.39, 0.29) is 12.2 Å². The van der Waals surface area contributed by atoms with E-state index in [2.05, 4.69) is 27.9 Å². The zero-order valence-corrected chi connectivity index (χ0v) is 23.5. The van der Waals surface area contributed by atoms with E-state index >= 15 is 0 Å². The number of imide groups is 2. The van der Waals surface area contributed by atoms with Crippen LogP contribution in [0, 0.1) is 10.5 Å². The Morgan fingerprint density at radius 3 is 2.32 bits per heavy atom. The van der Waals surface area contributed by atoms with Gasteiger partial charge in [0.25, 0.3) is 11.8 Å². The predicted octanol–water partition coefficient (Wildman–Crippen LogP) is 6.55. The predicted molar refractivity (Wildman–Crippen MR) is 151 cm³/mol. The first kappa shape index (κ1) is 27.0. The molecule has 1 aliphatic rings. The van der Waals surface area contributed by atoms with Gasteiger partial charge in [-0.05, 0) is 84.5 Å². The first-order chi connectivity index (χ1) is 17.7. The number of ether oxygens (including phenoxy) is 2. The van der Waals surface area contributed by atoms with E-state index in [4.69, 9.17) is 32.7 Å². The Hall–Kier alpha value is -3.08. The average molecular weight is 651 g/mol. The highest BCUT2D eigenvalue weighted by Crippen LogP contribution is 2.37. The van der Waals surface area contributed by atoms with Crippen molar-refractivity contribution in [1.29, 1.82) is 0 Å². The lowest BCUT2D eigenvalue weighted by atomic mass is 10.1. The van der Waals surface area contributed by atoms with E-state index in [1.54, 1.807) is 54.6 Å². The normalized spacial score (nSPS) is 14.7. The number of nitrogens with one attached hydrogen (secondary N) is 1. The zero-order valence-electron chi connectivity index (χ0n) is 19.8. The number of barbiturate groups is 1. The van der Waals surface area contributed by atoms with Crippen LogP contribution in [-0.2, 0) is 16.2 Å². The number of halogens is 3. The molecule has 0 saturated carbocycles. The van der Waals surface area contributed by atoms with Gasteiger partial charge in [-0.15, -0.1) is 0 Å². The van der Waals surface area contributed by atoms with Gasteiger partial charge < -0.3 is 9.47 Å². The topological polar surface area (TPSA) is 84.9 Å². The molecule has 0 atom stereocenters. The molecule has 1 heterocycles. The molecule has 1 saturated heterocycles. The molecule has 0 aliphatic carbocycles. The number of hydrogen-bond donors (Lipinski definition) is 1. The molecule has 0 aromatic heterocycles. The van der Waals surface area contributed by atoms with Crippen molar-refractivity contribution in [3.05, 3.63) is 90.5 Å². The first-order valence-corrected chi connectivity index (χ1v) is 13.0. The fourth-order valence-electron chi connectivity index (χ4n) is 3.64. The molecule has 1 N–H and O–H groups in total. The molecular weight excluding hydrogens is 630 g/mol. The van der Waals surface area contributed by atoms with Crippen LogP contribution >= 0.6 is 45.8 Å². The Morgan fingerprint density at radius 1 is 1.00 bits per heavy atom. The third-order valence-corrected chi connectivity index (χ3v) is 6.97. The second-order valence-corrected chi connectivity index (χ2v) is 10.0. The molecule has 0 spiro atoms. The number of aryl methyl sites for hydroxylation is 1. The quantitative estimate of drug-likeness (QED) is 0.178. The summed E-state index contributed by atoms with van der Waals surface area (Å²) in [6.45, 7) is 4.19. The van der Waals surface area contributed by atoms with Crippen molar-refractivity contribution in [2.75, 3.05) is 11.5 Å². The van der Waals surface area contributed by atoms with Crippen molar-refractivity contribution in [3.63, 3.8) is 0 Å². The van der Waals surface area contributed by atoms with Crippen LogP contribution in [0.3, 0.4) is 0 Å². The van der Waals surface area contributed by atoms with E-state index < -0.39 is 17.8 Å². The van der Waals surface area contributed by atoms with Gasteiger partial charge in [-0.3, -0.25) is 14.9 Å². The molecule has 3 aromatic carbocycles. The molecule has 1 fully saturated rings. The van der Waals surface area contributed by atoms with Gasteiger partial charge in [0.05, 0.1) is 15.9 Å². The minimum Gasteiger partial charge on any atom is -0.490 e. The number of urea groups is 1. The van der Waals surface area contributed by atoms with Gasteiger partial charge in [-0.25, -0.2) is 9.69 Å². The van der Waals surface area contributed by atoms with Crippen LogP contribution < -0.4 is 19.7 Å². The fraction of sp³-hybridized carbons (Fsp3) is 0.148. The van der Waals surface area contributed by atoms with Gasteiger partial charge in [0.15, 0.2) is 11.5 Å². The molecule has 4 rings (SSSR count). The summed E-state index contributed by atoms with van der Waals surface area (Å²) in [5.74, 6) is -0.615. The SMILES string of the molecule is CCOc1cc(/C=C2\C(=O)NC(=O)N(c3ccc(C)cc3)C2=O)cc(I)c1OCc1c(Cl)cccc1Cl. The summed E-state index contributed by atoms with van der Waals surface area (Å²) in [6.07, 6.45) is 1.42. The lowest BCUT2D eigenvalue weighted by Crippen LogP contribution is -2.54. The fourth-order valence-corrected chi connectivity index (χ4v) is 4.93. The van der Waals surface area contributed by atoms with Crippen molar-refractivity contribution in [1.82, 2.24) is 5.32 Å². The molecule has 7 nitrogen and oxygen atoms in total. The maximum atomic E-state index is 13.2. The van der Waals surface area contributed by atoms with E-state index in [0.717, 1.165) is 10.5 Å². The molecule has 190 valence electrons. The molecule has 37 heavy (non-hydrogen) atoms. The summed E-state index contributed by atoms with van der Waals surface area (Å²) < 4.78 is 12.5. The zero-order chi connectivity index (χ0) is 26.7. The number of carbonyl (C=O) groups is 3. The van der Waals surface area contributed by atoms with E-state index in [1.165, 1.54) is 6.08 Å². The van der Waals surface area contributed by atoms with Crippen molar-refractivity contribution in [3.8, 4) is 11.5 Å². The van der Waals surface area contributed by atoms with E-state index in [9.17, 15) is 14.4 Å². The second-order valence-electron chi connectivity index (χ2n) is 8.05. The van der Waals surface area contributed by atoms with Gasteiger partial charge in [-0.2, -0.15) is 0 Å². The van der Waals surface area contributed by atoms with E-state index in [0.29, 0.717) is 48.5 Å². The van der Waals surface area contributed by atoms with Gasteiger partial charge in [0.1, 0.15) is 12.2 Å². The maximum absolute atomic E-state index is 13.2. The van der Waals surface area contributed by atoms with Crippen LogP contribution in [0.25, 0.3) is 6.08 Å². The Labute approximate surface area is 237 Å². The highest BCUT2D eigenvalue weighted by Gasteiger charge is 2.36. The summed E-state index contributed by atoms with van der Waals surface area (Å²) in [5.41, 5.74) is 2.30. The number of anilines is 1. The van der Waals surface area contributed by atoms with E-state index in [1.807, 2.05) is 13.8 Å². The summed E-state index contributed by atoms with van der Waals surface area (Å²) in [7, 11) is 0. The number of nitrogens with zero attached hydrogens (tertiary/aromatic N) is 1. The van der Waals surface area contributed by atoms with Crippen molar-refractivity contribution in [2.45, 2.75) is 20.5 Å². The van der Waals surface area contributed by atoms with Crippen LogP contribution in [0.15, 0.2) is 60.2 Å². The molecule has 0 bridgehead atoms. The summed E-state index contributed by atoms with van der Waals surface area (Å²) >= 11 is 14.6. The highest BCUT2D eigenvalue weighted by atomic mass is 127. The van der Waals surface area contributed by atoms with Gasteiger partial charge in [-0.1, -0.05) is 47.0 Å². The summed E-state index contributed by atoms with van der Waals surface area (Å²) in [5, 5.41) is 3.20. The van der Waals surface area contributed by atoms with Crippen LogP contribution in [-0.4, -0.2) is 24.5 Å². The summed E-state index contributed by atoms with van der Waals surface area (Å²) in [6, 6.07) is 14.7. The maximum Gasteiger partial charge on any atom is 0.335 e. The number of carbonyl (C=O) groups excluding carboxylic acids is 3. The van der Waals surface area contributed by atoms with Gasteiger partial charge >= 0.3 is 6.03 Å². The van der Waals surface area contributed by atoms with Crippen LogP contribution in [0.1, 0.15) is 23.6 Å². The minimum atomic E-state index is -0.803. The van der Waals surface area contributed by atoms with Crippen LogP contribution in [0.2, 0.25) is 10.0 Å². The number of rotatable bonds is 7. The van der Waals surface area contributed by atoms with Crippen molar-refractivity contribution < 1.29 is 23.9 Å². The van der Waals surface area contributed by atoms with Crippen LogP contribution in [0.4, 0.5) is 10.5 Å². The third-order valence-electron chi connectivity index (χ3n) is 5.46.